The lowest BCUT2D eigenvalue weighted by Crippen LogP contribution is -2.50. The van der Waals surface area contributed by atoms with Crippen molar-refractivity contribution in [2.75, 3.05) is 31.1 Å². The van der Waals surface area contributed by atoms with Gasteiger partial charge in [-0.3, -0.25) is 13.9 Å². The third-order valence-corrected chi connectivity index (χ3v) is 7.92. The highest BCUT2D eigenvalue weighted by atomic mass is 32.2. The molecule has 0 aliphatic carbocycles. The maximum Gasteiger partial charge on any atom is 0.264 e. The van der Waals surface area contributed by atoms with E-state index >= 15 is 0 Å². The van der Waals surface area contributed by atoms with Crippen LogP contribution in [0.2, 0.25) is 0 Å². The third kappa shape index (κ3) is 5.72. The zero-order chi connectivity index (χ0) is 27.3. The Morgan fingerprint density at radius 2 is 1.63 bits per heavy atom. The van der Waals surface area contributed by atoms with Crippen molar-refractivity contribution < 1.29 is 31.9 Å². The van der Waals surface area contributed by atoms with Crippen LogP contribution in [0.15, 0.2) is 77.7 Å². The number of fused-ring (bicyclic) bond motifs is 1. The van der Waals surface area contributed by atoms with Crippen molar-refractivity contribution in [3.8, 4) is 11.5 Å². The molecule has 0 saturated heterocycles. The van der Waals surface area contributed by atoms with Gasteiger partial charge in [-0.1, -0.05) is 36.4 Å². The van der Waals surface area contributed by atoms with Crippen LogP contribution >= 0.6 is 0 Å². The molecule has 1 aliphatic rings. The number of carbonyl (C=O) groups is 2. The molecule has 4 rings (SSSR count). The van der Waals surface area contributed by atoms with Crippen LogP contribution in [-0.2, 0) is 26.2 Å². The lowest BCUT2D eigenvalue weighted by atomic mass is 10.1. The van der Waals surface area contributed by atoms with Crippen molar-refractivity contribution in [2.24, 2.45) is 0 Å². The number of hydrogen-bond donors (Lipinski definition) is 1. The Hall–Kier alpha value is -4.12. The zero-order valence-corrected chi connectivity index (χ0v) is 21.8. The zero-order valence-electron chi connectivity index (χ0n) is 21.0. The molecule has 1 atom stereocenters. The largest absolute Gasteiger partial charge is 0.486 e. The average Bonchev–Trinajstić information content (AvgIpc) is 2.94. The third-order valence-electron chi connectivity index (χ3n) is 6.14. The van der Waals surface area contributed by atoms with E-state index in [9.17, 15) is 22.4 Å². The van der Waals surface area contributed by atoms with Crippen molar-refractivity contribution in [1.29, 1.82) is 0 Å². The minimum Gasteiger partial charge on any atom is -0.486 e. The molecular weight excluding hydrogens is 513 g/mol. The van der Waals surface area contributed by atoms with Crippen LogP contribution in [-0.4, -0.2) is 58.0 Å². The number of nitrogens with zero attached hydrogens (tertiary/aromatic N) is 2. The summed E-state index contributed by atoms with van der Waals surface area (Å²) in [6.07, 6.45) is 0. The molecule has 38 heavy (non-hydrogen) atoms. The number of rotatable bonds is 9. The van der Waals surface area contributed by atoms with Gasteiger partial charge < -0.3 is 19.7 Å². The molecule has 9 nitrogen and oxygen atoms in total. The summed E-state index contributed by atoms with van der Waals surface area (Å²) in [5, 5.41) is 2.49. The summed E-state index contributed by atoms with van der Waals surface area (Å²) < 4.78 is 54.2. The second-order valence-corrected chi connectivity index (χ2v) is 10.4. The Morgan fingerprint density at radius 1 is 0.974 bits per heavy atom. The fraction of sp³-hybridized carbons (Fsp3) is 0.259. The number of sulfonamides is 1. The van der Waals surface area contributed by atoms with E-state index < -0.39 is 40.2 Å². The second-order valence-electron chi connectivity index (χ2n) is 8.56. The van der Waals surface area contributed by atoms with Gasteiger partial charge in [-0.15, -0.1) is 0 Å². The first-order chi connectivity index (χ1) is 18.2. The quantitative estimate of drug-likeness (QED) is 0.447. The van der Waals surface area contributed by atoms with E-state index in [2.05, 4.69) is 5.32 Å². The number of amides is 2. The van der Waals surface area contributed by atoms with Gasteiger partial charge in [0, 0.05) is 25.2 Å². The SMILES string of the molecule is CNC(=O)[C@H](C)N(Cc1ccccc1F)C(=O)CN(c1ccc2c(c1)OCCO2)S(=O)(=O)c1ccccc1. The Labute approximate surface area is 220 Å². The minimum absolute atomic E-state index is 0.0253. The fourth-order valence-corrected chi connectivity index (χ4v) is 5.46. The van der Waals surface area contributed by atoms with Crippen LogP contribution in [0.5, 0.6) is 11.5 Å². The topological polar surface area (TPSA) is 105 Å². The highest BCUT2D eigenvalue weighted by Crippen LogP contribution is 2.36. The molecule has 0 aromatic heterocycles. The molecule has 3 aromatic rings. The Balaban J connectivity index is 1.74. The maximum atomic E-state index is 14.5. The first-order valence-electron chi connectivity index (χ1n) is 11.9. The molecule has 0 spiro atoms. The van der Waals surface area contributed by atoms with E-state index in [0.29, 0.717) is 24.7 Å². The lowest BCUT2D eigenvalue weighted by Gasteiger charge is -2.32. The normalized spacial score (nSPS) is 13.3. The molecule has 0 unspecified atom stereocenters. The molecule has 1 heterocycles. The lowest BCUT2D eigenvalue weighted by molar-refractivity contribution is -0.139. The van der Waals surface area contributed by atoms with Crippen LogP contribution < -0.4 is 19.1 Å². The van der Waals surface area contributed by atoms with Crippen LogP contribution in [0.25, 0.3) is 0 Å². The first-order valence-corrected chi connectivity index (χ1v) is 13.4. The molecule has 3 aromatic carbocycles. The van der Waals surface area contributed by atoms with Gasteiger partial charge >= 0.3 is 0 Å². The number of likely N-dealkylation sites (N-methyl/N-ethyl adjacent to an activating group) is 1. The average molecular weight is 542 g/mol. The Bertz CT molecular complexity index is 1420. The maximum absolute atomic E-state index is 14.5. The molecule has 11 heteroatoms. The number of nitrogens with one attached hydrogen (secondary N) is 1. The summed E-state index contributed by atoms with van der Waals surface area (Å²) in [5.74, 6) is -0.922. The second kappa shape index (κ2) is 11.5. The van der Waals surface area contributed by atoms with Gasteiger partial charge in [-0.2, -0.15) is 0 Å². The Kier molecular flexibility index (Phi) is 8.16. The summed E-state index contributed by atoms with van der Waals surface area (Å²) in [4.78, 5) is 27.4. The summed E-state index contributed by atoms with van der Waals surface area (Å²) >= 11 is 0. The number of anilines is 1. The highest BCUT2D eigenvalue weighted by molar-refractivity contribution is 7.92. The molecule has 200 valence electrons. The van der Waals surface area contributed by atoms with Crippen LogP contribution in [0, 0.1) is 5.82 Å². The van der Waals surface area contributed by atoms with Crippen molar-refractivity contribution >= 4 is 27.5 Å². The first kappa shape index (κ1) is 26.9. The molecule has 2 amide bonds. The van der Waals surface area contributed by atoms with Gasteiger partial charge in [0.15, 0.2) is 11.5 Å². The van der Waals surface area contributed by atoms with Gasteiger partial charge in [-0.05, 0) is 37.3 Å². The predicted molar refractivity (Wildman–Crippen MR) is 139 cm³/mol. The minimum atomic E-state index is -4.23. The number of hydrogen-bond acceptors (Lipinski definition) is 6. The van der Waals surface area contributed by atoms with Crippen molar-refractivity contribution in [2.45, 2.75) is 24.4 Å². The van der Waals surface area contributed by atoms with Crippen molar-refractivity contribution in [1.82, 2.24) is 10.2 Å². The number of halogens is 1. The van der Waals surface area contributed by atoms with E-state index in [1.807, 2.05) is 0 Å². The summed E-state index contributed by atoms with van der Waals surface area (Å²) in [5.41, 5.74) is 0.360. The standard InChI is InChI=1S/C27H28FN3O6S/c1-19(27(33)29-2)30(17-20-8-6-7-11-23(20)28)26(32)18-31(38(34,35)22-9-4-3-5-10-22)21-12-13-24-25(16-21)37-15-14-36-24/h3-13,16,19H,14-15,17-18H2,1-2H3,(H,29,33)/t19-/m0/s1. The Morgan fingerprint density at radius 3 is 2.32 bits per heavy atom. The van der Waals surface area contributed by atoms with Crippen LogP contribution in [0.4, 0.5) is 10.1 Å². The van der Waals surface area contributed by atoms with Crippen LogP contribution in [0.1, 0.15) is 12.5 Å². The van der Waals surface area contributed by atoms with E-state index in [4.69, 9.17) is 9.47 Å². The highest BCUT2D eigenvalue weighted by Gasteiger charge is 2.33. The van der Waals surface area contributed by atoms with Gasteiger partial charge in [0.2, 0.25) is 11.8 Å². The van der Waals surface area contributed by atoms with E-state index in [1.54, 1.807) is 30.3 Å². The van der Waals surface area contributed by atoms with E-state index in [0.717, 1.165) is 9.21 Å². The van der Waals surface area contributed by atoms with Crippen LogP contribution in [0.3, 0.4) is 0 Å². The molecule has 0 fully saturated rings. The fourth-order valence-electron chi connectivity index (χ4n) is 4.04. The molecule has 0 radical (unpaired) electrons. The van der Waals surface area contributed by atoms with Gasteiger partial charge in [0.25, 0.3) is 10.0 Å². The molecular formula is C27H28FN3O6S. The van der Waals surface area contributed by atoms with Crippen molar-refractivity contribution in [3.05, 3.63) is 84.2 Å². The molecule has 1 N–H and O–H groups in total. The summed E-state index contributed by atoms with van der Waals surface area (Å²) in [7, 11) is -2.80. The number of benzene rings is 3. The summed E-state index contributed by atoms with van der Waals surface area (Å²) in [6.45, 7) is 1.27. The van der Waals surface area contributed by atoms with E-state index in [1.165, 1.54) is 56.4 Å². The summed E-state index contributed by atoms with van der Waals surface area (Å²) in [6, 6.07) is 17.2. The predicted octanol–water partition coefficient (Wildman–Crippen LogP) is 2.96. The molecule has 0 saturated carbocycles. The van der Waals surface area contributed by atoms with Gasteiger partial charge in [0.1, 0.15) is 31.6 Å². The van der Waals surface area contributed by atoms with Gasteiger partial charge in [0.05, 0.1) is 10.6 Å². The molecule has 0 bridgehead atoms. The van der Waals surface area contributed by atoms with E-state index in [-0.39, 0.29) is 22.7 Å². The number of carbonyl (C=O) groups excluding carboxylic acids is 2. The van der Waals surface area contributed by atoms with Gasteiger partial charge in [-0.25, -0.2) is 12.8 Å². The number of ether oxygens (including phenoxy) is 2. The molecule has 1 aliphatic heterocycles. The van der Waals surface area contributed by atoms with Crippen molar-refractivity contribution in [3.63, 3.8) is 0 Å². The smallest absolute Gasteiger partial charge is 0.264 e. The monoisotopic (exact) mass is 541 g/mol.